The molecule has 3 aromatic rings. The molecule has 1 aromatic carbocycles. The molecule has 2 heterocycles. The van der Waals surface area contributed by atoms with Crippen molar-refractivity contribution in [3.05, 3.63) is 71.9 Å². The molecule has 250 valence electrons. The molecule has 4 heteroatoms. The summed E-state index contributed by atoms with van der Waals surface area (Å²) in [6.07, 6.45) is 9.90. The third-order valence-corrected chi connectivity index (χ3v) is 3.67. The fourth-order valence-electron chi connectivity index (χ4n) is 1.93. The number of benzene rings is 1. The molecule has 1 fully saturated rings. The minimum absolute atomic E-state index is 0.833. The Balaban J connectivity index is -0.0000000882. The standard InChI is InChI=1S/C7H14.C6H6.C4H6N2.3C4H10.C3H3NS.3C2H6/c1-6(2)5-7-3-4-7;1-2-4-6-5-3-1;1-6-4-2-3-5-6;3*1-4(2)3;1-2-5-3-4-1;3*1-2/h6-7H,3-5H2,1-2H3;1-6H;2-4H,1H3;3*4H,1-3H3;1-3H;3*1-2H3. The van der Waals surface area contributed by atoms with Crippen LogP contribution < -0.4 is 0 Å². The Morgan fingerprint density at radius 3 is 1.07 bits per heavy atom. The van der Waals surface area contributed by atoms with Crippen molar-refractivity contribution in [2.45, 2.75) is 137 Å². The number of hydrogen-bond donors (Lipinski definition) is 0. The first-order chi connectivity index (χ1) is 19.9. The van der Waals surface area contributed by atoms with Crippen LogP contribution in [0.3, 0.4) is 0 Å². The molecule has 1 aliphatic carbocycles. The van der Waals surface area contributed by atoms with E-state index >= 15 is 0 Å². The van der Waals surface area contributed by atoms with Gasteiger partial charge in [0, 0.05) is 31.0 Å². The number of rotatable bonds is 2. The first-order valence-electron chi connectivity index (χ1n) is 16.6. The number of aromatic nitrogens is 3. The lowest BCUT2D eigenvalue weighted by atomic mass is 10.1. The largest absolute Gasteiger partial charge is 0.276 e. The third-order valence-electron chi connectivity index (χ3n) is 3.15. The highest BCUT2D eigenvalue weighted by atomic mass is 32.1. The lowest BCUT2D eigenvalue weighted by molar-refractivity contribution is 0.541. The van der Waals surface area contributed by atoms with Crippen LogP contribution in [0.15, 0.2) is 71.9 Å². The van der Waals surface area contributed by atoms with Gasteiger partial charge in [-0.1, -0.05) is 167 Å². The van der Waals surface area contributed by atoms with Gasteiger partial charge in [0.1, 0.15) is 0 Å². The van der Waals surface area contributed by atoms with Crippen LogP contribution >= 0.6 is 11.3 Å². The zero-order valence-corrected chi connectivity index (χ0v) is 32.5. The van der Waals surface area contributed by atoms with Crippen molar-refractivity contribution in [1.29, 1.82) is 0 Å². The molecule has 3 nitrogen and oxygen atoms in total. The molecular weight excluding hydrogens is 531 g/mol. The summed E-state index contributed by atoms with van der Waals surface area (Å²) in [7, 11) is 1.89. The second-order valence-corrected chi connectivity index (χ2v) is 12.0. The molecule has 1 aliphatic rings. The molecule has 0 atom stereocenters. The molecule has 0 spiro atoms. The highest BCUT2D eigenvalue weighted by Gasteiger charge is 2.21. The monoisotopic (exact) mass is 608 g/mol. The quantitative estimate of drug-likeness (QED) is 0.290. The molecule has 1 saturated carbocycles. The fourth-order valence-corrected chi connectivity index (χ4v) is 2.28. The van der Waals surface area contributed by atoms with Crippen molar-refractivity contribution in [2.24, 2.45) is 36.6 Å². The van der Waals surface area contributed by atoms with Gasteiger partial charge in [-0.05, 0) is 42.1 Å². The Morgan fingerprint density at radius 2 is 0.976 bits per heavy atom. The van der Waals surface area contributed by atoms with E-state index < -0.39 is 0 Å². The third kappa shape index (κ3) is 98.3. The molecule has 4 rings (SSSR count). The van der Waals surface area contributed by atoms with Crippen molar-refractivity contribution in [3.8, 4) is 0 Å². The number of aryl methyl sites for hydroxylation is 1. The predicted octanol–water partition coefficient (Wildman–Crippen LogP) is 13.8. The van der Waals surface area contributed by atoms with E-state index in [-0.39, 0.29) is 0 Å². The number of thiazole rings is 1. The Kier molecular flexibility index (Phi) is 61.2. The average molecular weight is 608 g/mol. The Morgan fingerprint density at radius 1 is 0.619 bits per heavy atom. The number of nitrogens with zero attached hydrogens (tertiary/aromatic N) is 3. The molecule has 0 amide bonds. The summed E-state index contributed by atoms with van der Waals surface area (Å²) < 4.78 is 1.75. The summed E-state index contributed by atoms with van der Waals surface area (Å²) in [4.78, 5) is 3.74. The van der Waals surface area contributed by atoms with Gasteiger partial charge in [-0.15, -0.1) is 11.3 Å². The summed E-state index contributed by atoms with van der Waals surface area (Å²) in [5.41, 5.74) is 1.79. The van der Waals surface area contributed by atoms with Crippen LogP contribution in [0.2, 0.25) is 0 Å². The van der Waals surface area contributed by atoms with Gasteiger partial charge < -0.3 is 0 Å². The lowest BCUT2D eigenvalue weighted by Gasteiger charge is -1.98. The maximum Gasteiger partial charge on any atom is 0.0791 e. The van der Waals surface area contributed by atoms with Gasteiger partial charge in [0.25, 0.3) is 0 Å². The predicted molar refractivity (Wildman–Crippen MR) is 200 cm³/mol. The molecule has 0 radical (unpaired) electrons. The topological polar surface area (TPSA) is 30.7 Å². The van der Waals surface area contributed by atoms with Crippen molar-refractivity contribution in [1.82, 2.24) is 14.8 Å². The minimum atomic E-state index is 0.833. The van der Waals surface area contributed by atoms with E-state index in [0.717, 1.165) is 29.6 Å². The van der Waals surface area contributed by atoms with Crippen molar-refractivity contribution in [2.75, 3.05) is 0 Å². The Bertz CT molecular complexity index is 621. The van der Waals surface area contributed by atoms with Crippen LogP contribution in [0.5, 0.6) is 0 Å². The molecule has 0 saturated heterocycles. The van der Waals surface area contributed by atoms with E-state index in [2.05, 4.69) is 86.2 Å². The SMILES string of the molecule is CC.CC.CC.CC(C)C.CC(C)C.CC(C)C.CC(C)CC1CC1.Cn1cccn1.c1ccccc1.c1cscn1. The molecular formula is C38H77N3S. The molecule has 0 N–H and O–H groups in total. The van der Waals surface area contributed by atoms with Gasteiger partial charge >= 0.3 is 0 Å². The van der Waals surface area contributed by atoms with E-state index in [1.165, 1.54) is 19.3 Å². The van der Waals surface area contributed by atoms with Gasteiger partial charge in [-0.25, -0.2) is 0 Å². The van der Waals surface area contributed by atoms with E-state index in [1.807, 2.05) is 103 Å². The molecule has 0 unspecified atom stereocenters. The van der Waals surface area contributed by atoms with Crippen LogP contribution in [0.4, 0.5) is 0 Å². The summed E-state index contributed by atoms with van der Waals surface area (Å²) in [6.45, 7) is 36.1. The Labute approximate surface area is 271 Å². The van der Waals surface area contributed by atoms with Crippen molar-refractivity contribution < 1.29 is 0 Å². The number of hydrogen-bond acceptors (Lipinski definition) is 3. The van der Waals surface area contributed by atoms with Crippen LogP contribution in [-0.2, 0) is 7.05 Å². The molecule has 0 bridgehead atoms. The smallest absolute Gasteiger partial charge is 0.0791 e. The highest BCUT2D eigenvalue weighted by molar-refractivity contribution is 7.07. The van der Waals surface area contributed by atoms with Crippen LogP contribution in [0, 0.1) is 29.6 Å². The lowest BCUT2D eigenvalue weighted by Crippen LogP contribution is -1.86. The van der Waals surface area contributed by atoms with Crippen LogP contribution in [0.1, 0.15) is 137 Å². The van der Waals surface area contributed by atoms with Gasteiger partial charge in [-0.3, -0.25) is 9.67 Å². The van der Waals surface area contributed by atoms with E-state index in [9.17, 15) is 0 Å². The molecule has 0 aliphatic heterocycles. The van der Waals surface area contributed by atoms with E-state index in [0.29, 0.717) is 0 Å². The van der Waals surface area contributed by atoms with Crippen molar-refractivity contribution in [3.63, 3.8) is 0 Å². The average Bonchev–Trinajstić information content (AvgIpc) is 3.34. The van der Waals surface area contributed by atoms with Gasteiger partial charge in [0.05, 0.1) is 5.51 Å². The van der Waals surface area contributed by atoms with Gasteiger partial charge in [0.2, 0.25) is 0 Å². The normalized spacial score (nSPS) is 9.86. The molecule has 2 aromatic heterocycles. The van der Waals surface area contributed by atoms with Crippen LogP contribution in [0.25, 0.3) is 0 Å². The zero-order chi connectivity index (χ0) is 34.2. The summed E-state index contributed by atoms with van der Waals surface area (Å²) in [6, 6.07) is 13.9. The summed E-state index contributed by atoms with van der Waals surface area (Å²) >= 11 is 1.60. The second kappa shape index (κ2) is 48.8. The van der Waals surface area contributed by atoms with E-state index in [1.54, 1.807) is 33.9 Å². The highest BCUT2D eigenvalue weighted by Crippen LogP contribution is 2.34. The zero-order valence-electron chi connectivity index (χ0n) is 31.7. The Hall–Kier alpha value is -1.94. The fraction of sp³-hybridized carbons (Fsp3) is 0.684. The van der Waals surface area contributed by atoms with Gasteiger partial charge in [-0.2, -0.15) is 5.10 Å². The minimum Gasteiger partial charge on any atom is -0.276 e. The summed E-state index contributed by atoms with van der Waals surface area (Å²) in [5.74, 6) is 4.56. The summed E-state index contributed by atoms with van der Waals surface area (Å²) in [5, 5.41) is 5.76. The molecule has 42 heavy (non-hydrogen) atoms. The van der Waals surface area contributed by atoms with Gasteiger partial charge in [0.15, 0.2) is 0 Å². The first-order valence-corrected chi connectivity index (χ1v) is 17.6. The van der Waals surface area contributed by atoms with Crippen molar-refractivity contribution >= 4 is 11.3 Å². The second-order valence-electron chi connectivity index (χ2n) is 11.3. The van der Waals surface area contributed by atoms with Crippen LogP contribution in [-0.4, -0.2) is 14.8 Å². The maximum atomic E-state index is 3.83. The van der Waals surface area contributed by atoms with E-state index in [4.69, 9.17) is 0 Å². The first kappa shape index (κ1) is 52.7. The maximum absolute atomic E-state index is 3.83.